The van der Waals surface area contributed by atoms with Gasteiger partial charge in [0.15, 0.2) is 0 Å². The number of rotatable bonds is 2. The van der Waals surface area contributed by atoms with Gasteiger partial charge in [-0.05, 0) is 50.7 Å². The molecule has 2 heterocycles. The molecule has 0 spiro atoms. The van der Waals surface area contributed by atoms with Crippen molar-refractivity contribution in [1.82, 2.24) is 0 Å². The monoisotopic (exact) mass is 452 g/mol. The third-order valence-corrected chi connectivity index (χ3v) is 8.39. The van der Waals surface area contributed by atoms with Gasteiger partial charge in [-0.3, -0.25) is 0 Å². The van der Waals surface area contributed by atoms with Crippen LogP contribution < -0.4 is 59.1 Å². The van der Waals surface area contributed by atoms with Gasteiger partial charge in [0.25, 0.3) is 0 Å². The molecule has 6 nitrogen and oxygen atoms in total. The first kappa shape index (κ1) is 26.0. The Kier molecular flexibility index (Phi) is 7.51. The van der Waals surface area contributed by atoms with Crippen LogP contribution in [0.4, 0.5) is 0 Å². The van der Waals surface area contributed by atoms with E-state index in [9.17, 15) is 19.8 Å². The molecule has 4 N–H and O–H groups in total. The first-order valence-electron chi connectivity index (χ1n) is 11.2. The minimum absolute atomic E-state index is 0. The van der Waals surface area contributed by atoms with E-state index in [1.54, 1.807) is 24.3 Å². The summed E-state index contributed by atoms with van der Waals surface area (Å²) >= 11 is 0. The van der Waals surface area contributed by atoms with E-state index in [0.29, 0.717) is 22.8 Å². The van der Waals surface area contributed by atoms with Crippen LogP contribution in [-0.2, 0) is 23.8 Å². The topological polar surface area (TPSA) is 115 Å². The average molecular weight is 452 g/mol. The van der Waals surface area contributed by atoms with Crippen LogP contribution >= 0.6 is 0 Å². The second-order valence-corrected chi connectivity index (χ2v) is 9.86. The molecule has 2 fully saturated rings. The number of hydrogen-bond acceptors (Lipinski definition) is 4. The predicted molar refractivity (Wildman–Crippen MR) is 116 cm³/mol. The van der Waals surface area contributed by atoms with Crippen LogP contribution in [0.25, 0.3) is 0 Å². The number of fused-ring (bicyclic) bond motifs is 6. The minimum atomic E-state index is -0.874. The van der Waals surface area contributed by atoms with E-state index < -0.39 is 23.1 Å². The molecule has 2 aliphatic carbocycles. The molecule has 6 rings (SSSR count). The van der Waals surface area contributed by atoms with Gasteiger partial charge in [0, 0.05) is 0 Å². The van der Waals surface area contributed by atoms with Gasteiger partial charge in [0.1, 0.15) is 0 Å². The van der Waals surface area contributed by atoms with Crippen molar-refractivity contribution in [3.8, 4) is 0 Å². The third kappa shape index (κ3) is 4.18. The van der Waals surface area contributed by atoms with Gasteiger partial charge in [0.2, 0.25) is 0 Å². The third-order valence-electron chi connectivity index (χ3n) is 8.39. The Morgan fingerprint density at radius 3 is 1.47 bits per heavy atom. The molecule has 10 heteroatoms. The summed E-state index contributed by atoms with van der Waals surface area (Å²) in [5, 5.41) is 38.6. The summed E-state index contributed by atoms with van der Waals surface area (Å²) in [5.41, 5.74) is 3.00. The van der Waals surface area contributed by atoms with Crippen LogP contribution in [0, 0.1) is 0 Å². The van der Waals surface area contributed by atoms with E-state index in [4.69, 9.17) is 10.2 Å². The van der Waals surface area contributed by atoms with Crippen molar-refractivity contribution >= 4 is 26.5 Å². The standard InChI is InChI=1S/2C11H12BO3.2Na/c2*13-10(14)6-2-1-3-8-7(6)5-12-9-4-11(8,9)15;;/h2*1-3,9,15H,4-5,12H2,(H,13,14);;/q2*-1;2*+1. The molecule has 4 aliphatic rings. The van der Waals surface area contributed by atoms with E-state index in [1.807, 2.05) is 12.1 Å². The van der Waals surface area contributed by atoms with Crippen molar-refractivity contribution < 1.29 is 89.1 Å². The Morgan fingerprint density at radius 1 is 0.750 bits per heavy atom. The maximum atomic E-state index is 11.0. The van der Waals surface area contributed by atoms with Crippen molar-refractivity contribution in [3.05, 3.63) is 69.8 Å². The molecule has 0 amide bonds. The first-order valence-corrected chi connectivity index (χ1v) is 11.2. The summed E-state index contributed by atoms with van der Waals surface area (Å²) in [4.78, 5) is 22.1. The zero-order valence-electron chi connectivity index (χ0n) is 19.1. The van der Waals surface area contributed by atoms with Gasteiger partial charge in [-0.25, -0.2) is 9.59 Å². The van der Waals surface area contributed by atoms with Crippen molar-refractivity contribution in [1.29, 1.82) is 0 Å². The fraction of sp³-hybridized carbons (Fsp3) is 0.364. The predicted octanol–water partition coefficient (Wildman–Crippen LogP) is -5.10. The molecule has 0 aromatic heterocycles. The number of aliphatic hydroxyl groups is 2. The Bertz CT molecular complexity index is 1010. The summed E-state index contributed by atoms with van der Waals surface area (Å²) in [6, 6.07) is 10.5. The summed E-state index contributed by atoms with van der Waals surface area (Å²) in [7, 11) is -0.403. The summed E-state index contributed by atoms with van der Waals surface area (Å²) in [5.74, 6) is -0.787. The Balaban J connectivity index is 0.000000170. The molecule has 156 valence electrons. The molecule has 2 saturated carbocycles. The van der Waals surface area contributed by atoms with Crippen molar-refractivity contribution in [3.63, 3.8) is 0 Å². The molecule has 0 saturated heterocycles. The normalized spacial score (nSPS) is 29.7. The molecule has 2 aromatic rings. The van der Waals surface area contributed by atoms with Crippen LogP contribution in [0.2, 0.25) is 11.6 Å². The van der Waals surface area contributed by atoms with Crippen molar-refractivity contribution in [2.45, 2.75) is 48.3 Å². The number of carbonyl (C=O) groups is 2. The SMILES string of the molecule is O=C(O)c1cccc2c1C[BH2-]C1CC21O.O=C(O)c1cccc2c1C[BH2-]C1CC21O.[Na+].[Na+]. The first-order chi connectivity index (χ1) is 14.3. The van der Waals surface area contributed by atoms with Crippen LogP contribution in [0.15, 0.2) is 36.4 Å². The maximum absolute atomic E-state index is 11.0. The summed E-state index contributed by atoms with van der Waals surface area (Å²) in [6.45, 7) is 0. The number of carboxylic acid groups (broad SMARTS) is 2. The summed E-state index contributed by atoms with van der Waals surface area (Å²) in [6.07, 6.45) is 3.52. The smallest absolute Gasteiger partial charge is 0.478 e. The fourth-order valence-electron chi connectivity index (χ4n) is 6.58. The van der Waals surface area contributed by atoms with Crippen LogP contribution in [0.3, 0.4) is 0 Å². The average Bonchev–Trinajstić information content (AvgIpc) is 3.60. The second kappa shape index (κ2) is 9.23. The van der Waals surface area contributed by atoms with E-state index in [1.165, 1.54) is 0 Å². The van der Waals surface area contributed by atoms with Gasteiger partial charge >= 0.3 is 71.1 Å². The Labute approximate surface area is 231 Å². The van der Waals surface area contributed by atoms with Gasteiger partial charge in [-0.1, -0.05) is 35.4 Å². The quantitative estimate of drug-likeness (QED) is 0.340. The van der Waals surface area contributed by atoms with E-state index in [2.05, 4.69) is 0 Å². The van der Waals surface area contributed by atoms with Crippen molar-refractivity contribution in [2.24, 2.45) is 0 Å². The van der Waals surface area contributed by atoms with Crippen LogP contribution in [-0.4, -0.2) is 46.9 Å². The Morgan fingerprint density at radius 2 is 1.12 bits per heavy atom. The zero-order valence-corrected chi connectivity index (χ0v) is 23.1. The van der Waals surface area contributed by atoms with Gasteiger partial charge in [0.05, 0.1) is 22.3 Å². The molecule has 2 aliphatic heterocycles. The zero-order chi connectivity index (χ0) is 21.3. The van der Waals surface area contributed by atoms with E-state index in [-0.39, 0.29) is 73.7 Å². The molecular weight excluding hydrogens is 428 g/mol. The Hall–Kier alpha value is -0.570. The summed E-state index contributed by atoms with van der Waals surface area (Å²) < 4.78 is 0. The second-order valence-electron chi connectivity index (χ2n) is 9.86. The number of benzene rings is 2. The molecule has 0 bridgehead atoms. The van der Waals surface area contributed by atoms with Crippen molar-refractivity contribution in [2.75, 3.05) is 0 Å². The van der Waals surface area contributed by atoms with E-state index in [0.717, 1.165) is 47.7 Å². The number of hydrogen-bond donors (Lipinski definition) is 4. The molecular formula is C22H24B2Na2O6. The number of aromatic carboxylic acids is 2. The number of carboxylic acids is 2. The minimum Gasteiger partial charge on any atom is -0.478 e. The molecule has 4 unspecified atom stereocenters. The van der Waals surface area contributed by atoms with Crippen LogP contribution in [0.1, 0.15) is 55.8 Å². The van der Waals surface area contributed by atoms with Crippen LogP contribution in [0.5, 0.6) is 0 Å². The fourth-order valence-corrected chi connectivity index (χ4v) is 6.58. The molecule has 0 radical (unpaired) electrons. The van der Waals surface area contributed by atoms with E-state index >= 15 is 0 Å². The molecule has 4 atom stereocenters. The molecule has 32 heavy (non-hydrogen) atoms. The largest absolute Gasteiger partial charge is 1.00 e. The van der Waals surface area contributed by atoms with Gasteiger partial charge in [-0.15, -0.1) is 11.6 Å². The maximum Gasteiger partial charge on any atom is 1.00 e. The van der Waals surface area contributed by atoms with Gasteiger partial charge in [-0.2, -0.15) is 12.6 Å². The molecule has 2 aromatic carbocycles. The van der Waals surface area contributed by atoms with Gasteiger partial charge < -0.3 is 20.4 Å².